The first-order chi connectivity index (χ1) is 14.9. The van der Waals surface area contributed by atoms with Gasteiger partial charge in [-0.1, -0.05) is 37.4 Å². The standard InChI is InChI=1S/C22H31O8P/c1-4-21(23)26-14-8-10-16-28-31(25,29-17-11-9-15-27-22(24)5-2)30-18-20-13-7-6-12-19(20)3/h4-7,12-13H,1-2,8-11,14-18H2,3H3. The second kappa shape index (κ2) is 15.5. The van der Waals surface area contributed by atoms with E-state index >= 15 is 0 Å². The maximum Gasteiger partial charge on any atom is 0.475 e. The Balaban J connectivity index is 2.47. The normalized spacial score (nSPS) is 11.0. The van der Waals surface area contributed by atoms with Crippen molar-refractivity contribution in [2.24, 2.45) is 0 Å². The summed E-state index contributed by atoms with van der Waals surface area (Å²) in [5.74, 6) is -0.981. The van der Waals surface area contributed by atoms with Crippen LogP contribution in [0.25, 0.3) is 0 Å². The fraction of sp³-hybridized carbons (Fsp3) is 0.455. The summed E-state index contributed by atoms with van der Waals surface area (Å²) in [6.07, 6.45) is 4.26. The Morgan fingerprint density at radius 1 is 0.839 bits per heavy atom. The first-order valence-electron chi connectivity index (χ1n) is 10.1. The Morgan fingerprint density at radius 2 is 1.32 bits per heavy atom. The molecule has 31 heavy (non-hydrogen) atoms. The van der Waals surface area contributed by atoms with E-state index in [4.69, 9.17) is 23.0 Å². The average Bonchev–Trinajstić information content (AvgIpc) is 2.77. The molecule has 0 saturated carbocycles. The van der Waals surface area contributed by atoms with Gasteiger partial charge >= 0.3 is 19.8 Å². The van der Waals surface area contributed by atoms with Gasteiger partial charge in [0.2, 0.25) is 0 Å². The van der Waals surface area contributed by atoms with E-state index in [0.717, 1.165) is 23.3 Å². The number of hydrogen-bond donors (Lipinski definition) is 0. The number of benzene rings is 1. The lowest BCUT2D eigenvalue weighted by molar-refractivity contribution is -0.138. The van der Waals surface area contributed by atoms with E-state index in [1.54, 1.807) is 0 Å². The van der Waals surface area contributed by atoms with E-state index in [1.165, 1.54) is 0 Å². The molecule has 0 saturated heterocycles. The quantitative estimate of drug-likeness (QED) is 0.145. The van der Waals surface area contributed by atoms with E-state index in [-0.39, 0.29) is 33.0 Å². The topological polar surface area (TPSA) is 97.4 Å². The van der Waals surface area contributed by atoms with E-state index < -0.39 is 19.8 Å². The number of hydrogen-bond acceptors (Lipinski definition) is 8. The van der Waals surface area contributed by atoms with Crippen molar-refractivity contribution in [3.8, 4) is 0 Å². The van der Waals surface area contributed by atoms with Crippen molar-refractivity contribution in [1.29, 1.82) is 0 Å². The van der Waals surface area contributed by atoms with Crippen molar-refractivity contribution in [3.05, 3.63) is 60.7 Å². The molecule has 0 atom stereocenters. The molecule has 0 N–H and O–H groups in total. The number of carbonyl (C=O) groups is 2. The predicted molar refractivity (Wildman–Crippen MR) is 116 cm³/mol. The van der Waals surface area contributed by atoms with E-state index in [9.17, 15) is 14.2 Å². The summed E-state index contributed by atoms with van der Waals surface area (Å²) in [6, 6.07) is 7.58. The number of phosphoric acid groups is 1. The molecule has 1 aromatic rings. The zero-order chi connectivity index (χ0) is 23.0. The summed E-state index contributed by atoms with van der Waals surface area (Å²) in [6.45, 7) is 9.32. The van der Waals surface area contributed by atoms with Crippen LogP contribution in [-0.4, -0.2) is 38.4 Å². The summed E-state index contributed by atoms with van der Waals surface area (Å²) >= 11 is 0. The molecule has 0 amide bonds. The molecule has 0 aliphatic heterocycles. The summed E-state index contributed by atoms with van der Waals surface area (Å²) < 4.78 is 39.2. The smallest absolute Gasteiger partial charge is 0.463 e. The molecule has 0 radical (unpaired) electrons. The number of aryl methyl sites for hydroxylation is 1. The Labute approximate surface area is 183 Å². The highest BCUT2D eigenvalue weighted by Crippen LogP contribution is 2.50. The zero-order valence-electron chi connectivity index (χ0n) is 18.0. The highest BCUT2D eigenvalue weighted by molar-refractivity contribution is 7.48. The Kier molecular flexibility index (Phi) is 13.4. The molecular weight excluding hydrogens is 423 g/mol. The highest BCUT2D eigenvalue weighted by atomic mass is 31.2. The molecule has 9 heteroatoms. The predicted octanol–water partition coefficient (Wildman–Crippen LogP) is 4.67. The third kappa shape index (κ3) is 12.3. The minimum Gasteiger partial charge on any atom is -0.463 e. The maximum atomic E-state index is 13.0. The molecule has 0 heterocycles. The zero-order valence-corrected chi connectivity index (χ0v) is 18.8. The van der Waals surface area contributed by atoms with Crippen LogP contribution in [0.2, 0.25) is 0 Å². The molecule has 0 aliphatic carbocycles. The summed E-state index contributed by atoms with van der Waals surface area (Å²) in [5.41, 5.74) is 1.88. The van der Waals surface area contributed by atoms with Gasteiger partial charge in [-0.15, -0.1) is 0 Å². The van der Waals surface area contributed by atoms with Crippen LogP contribution in [0, 0.1) is 6.92 Å². The van der Waals surface area contributed by atoms with Crippen LogP contribution in [-0.2, 0) is 43.8 Å². The molecule has 172 valence electrons. The van der Waals surface area contributed by atoms with Crippen LogP contribution < -0.4 is 0 Å². The first kappa shape index (κ1) is 26.8. The molecule has 0 spiro atoms. The van der Waals surface area contributed by atoms with Crippen molar-refractivity contribution in [1.82, 2.24) is 0 Å². The maximum absolute atomic E-state index is 13.0. The molecule has 0 fully saturated rings. The Hall–Kier alpha value is -2.25. The van der Waals surface area contributed by atoms with Gasteiger partial charge in [0.15, 0.2) is 0 Å². The van der Waals surface area contributed by atoms with Gasteiger partial charge in [0, 0.05) is 12.2 Å². The summed E-state index contributed by atoms with van der Waals surface area (Å²) in [4.78, 5) is 22.0. The van der Waals surface area contributed by atoms with Gasteiger partial charge in [-0.25, -0.2) is 14.2 Å². The van der Waals surface area contributed by atoms with Crippen LogP contribution in [0.1, 0.15) is 36.8 Å². The van der Waals surface area contributed by atoms with Gasteiger partial charge in [-0.2, -0.15) is 0 Å². The van der Waals surface area contributed by atoms with Gasteiger partial charge in [0.1, 0.15) is 0 Å². The number of carbonyl (C=O) groups excluding carboxylic acids is 2. The number of rotatable bonds is 17. The van der Waals surface area contributed by atoms with Gasteiger partial charge in [0.05, 0.1) is 33.0 Å². The van der Waals surface area contributed by atoms with Crippen molar-refractivity contribution in [3.63, 3.8) is 0 Å². The largest absolute Gasteiger partial charge is 0.475 e. The Morgan fingerprint density at radius 3 is 1.81 bits per heavy atom. The fourth-order valence-corrected chi connectivity index (χ4v) is 3.48. The molecule has 8 nitrogen and oxygen atoms in total. The Bertz CT molecular complexity index is 726. The number of phosphoric ester groups is 1. The highest BCUT2D eigenvalue weighted by Gasteiger charge is 2.26. The minimum absolute atomic E-state index is 0.0812. The van der Waals surface area contributed by atoms with Gasteiger partial charge in [0.25, 0.3) is 0 Å². The minimum atomic E-state index is -3.80. The molecule has 1 aromatic carbocycles. The van der Waals surface area contributed by atoms with Crippen molar-refractivity contribution in [2.45, 2.75) is 39.2 Å². The fourth-order valence-electron chi connectivity index (χ4n) is 2.26. The van der Waals surface area contributed by atoms with Crippen molar-refractivity contribution in [2.75, 3.05) is 26.4 Å². The average molecular weight is 454 g/mol. The lowest BCUT2D eigenvalue weighted by Crippen LogP contribution is -2.07. The lowest BCUT2D eigenvalue weighted by Gasteiger charge is -2.19. The molecule has 1 rings (SSSR count). The van der Waals surface area contributed by atoms with E-state index in [2.05, 4.69) is 13.2 Å². The molecule has 0 aliphatic rings. The number of esters is 2. The SMILES string of the molecule is C=CC(=O)OCCCCOP(=O)(OCCCCOC(=O)C=C)OCc1ccccc1C. The second-order valence-electron chi connectivity index (χ2n) is 6.47. The van der Waals surface area contributed by atoms with E-state index in [0.29, 0.717) is 25.7 Å². The van der Waals surface area contributed by atoms with Crippen molar-refractivity contribution >= 4 is 19.8 Å². The van der Waals surface area contributed by atoms with Crippen LogP contribution in [0.15, 0.2) is 49.6 Å². The van der Waals surface area contributed by atoms with Crippen LogP contribution in [0.4, 0.5) is 0 Å². The third-order valence-corrected chi connectivity index (χ3v) is 5.48. The van der Waals surface area contributed by atoms with Gasteiger partial charge in [-0.3, -0.25) is 13.6 Å². The monoisotopic (exact) mass is 454 g/mol. The molecule has 0 aromatic heterocycles. The summed E-state index contributed by atoms with van der Waals surface area (Å²) in [5, 5.41) is 0. The van der Waals surface area contributed by atoms with Crippen LogP contribution in [0.5, 0.6) is 0 Å². The number of unbranched alkanes of at least 4 members (excludes halogenated alkanes) is 2. The molecule has 0 unspecified atom stereocenters. The van der Waals surface area contributed by atoms with Gasteiger partial charge in [-0.05, 0) is 43.7 Å². The molecular formula is C22H31O8P. The van der Waals surface area contributed by atoms with Crippen LogP contribution in [0.3, 0.4) is 0 Å². The number of ether oxygens (including phenoxy) is 2. The van der Waals surface area contributed by atoms with Crippen molar-refractivity contribution < 1.29 is 37.2 Å². The third-order valence-electron chi connectivity index (χ3n) is 4.04. The second-order valence-corrected chi connectivity index (χ2v) is 8.14. The molecule has 0 bridgehead atoms. The lowest BCUT2D eigenvalue weighted by atomic mass is 10.1. The van der Waals surface area contributed by atoms with Gasteiger partial charge < -0.3 is 9.47 Å². The van der Waals surface area contributed by atoms with E-state index in [1.807, 2.05) is 31.2 Å². The van der Waals surface area contributed by atoms with Crippen LogP contribution >= 0.6 is 7.82 Å². The summed E-state index contributed by atoms with van der Waals surface area (Å²) in [7, 11) is -3.80. The first-order valence-corrected chi connectivity index (χ1v) is 11.5.